The van der Waals surface area contributed by atoms with Gasteiger partial charge in [-0.1, -0.05) is 31.4 Å². The fourth-order valence-corrected chi connectivity index (χ4v) is 3.44. The predicted molar refractivity (Wildman–Crippen MR) is 124 cm³/mol. The lowest BCUT2D eigenvalue weighted by molar-refractivity contribution is -0.136. The molecule has 3 aliphatic rings. The zero-order chi connectivity index (χ0) is 23.1. The molecule has 168 valence electrons. The monoisotopic (exact) mass is 434 g/mol. The zero-order valence-electron chi connectivity index (χ0n) is 18.9. The van der Waals surface area contributed by atoms with Crippen LogP contribution in [0.15, 0.2) is 94.8 Å². The first kappa shape index (κ1) is 23.3. The molecule has 3 rings (SSSR count). The smallest absolute Gasteiger partial charge is 0.338 e. The second-order valence-corrected chi connectivity index (χ2v) is 8.24. The molecule has 0 heterocycles. The topological polar surface area (TPSA) is 61.8 Å². The quantitative estimate of drug-likeness (QED) is 0.344. The van der Waals surface area contributed by atoms with Gasteiger partial charge in [0.25, 0.3) is 0 Å². The van der Waals surface area contributed by atoms with Gasteiger partial charge in [-0.15, -0.1) is 0 Å². The number of ether oxygens (including phenoxy) is 3. The van der Waals surface area contributed by atoms with Gasteiger partial charge in [-0.05, 0) is 68.1 Å². The molecular formula is C27H30O5. The van der Waals surface area contributed by atoms with Crippen molar-refractivity contribution in [3.63, 3.8) is 0 Å². The Labute approximate surface area is 189 Å². The first-order valence-corrected chi connectivity index (χ1v) is 10.9. The van der Waals surface area contributed by atoms with Crippen LogP contribution in [0, 0.1) is 0 Å². The summed E-state index contributed by atoms with van der Waals surface area (Å²) in [6.45, 7) is 11.0. The minimum atomic E-state index is -0.392. The predicted octanol–water partition coefficient (Wildman–Crippen LogP) is 6.05. The van der Waals surface area contributed by atoms with Crippen LogP contribution in [0.5, 0.6) is 0 Å². The maximum atomic E-state index is 11.6. The van der Waals surface area contributed by atoms with Gasteiger partial charge < -0.3 is 14.2 Å². The molecule has 5 heteroatoms. The summed E-state index contributed by atoms with van der Waals surface area (Å²) < 4.78 is 16.5. The molecule has 0 saturated carbocycles. The average molecular weight is 435 g/mol. The van der Waals surface area contributed by atoms with Gasteiger partial charge >= 0.3 is 11.9 Å². The average Bonchev–Trinajstić information content (AvgIpc) is 2.79. The van der Waals surface area contributed by atoms with Crippen molar-refractivity contribution < 1.29 is 23.8 Å². The highest BCUT2D eigenvalue weighted by Crippen LogP contribution is 2.31. The normalized spacial score (nSPS) is 18.1. The van der Waals surface area contributed by atoms with E-state index in [2.05, 4.69) is 25.3 Å². The highest BCUT2D eigenvalue weighted by molar-refractivity contribution is 5.88. The Bertz CT molecular complexity index is 1010. The van der Waals surface area contributed by atoms with E-state index >= 15 is 0 Å². The molecule has 0 saturated heterocycles. The Morgan fingerprint density at radius 1 is 0.688 bits per heavy atom. The summed E-state index contributed by atoms with van der Waals surface area (Å²) in [6, 6.07) is 0. The third-order valence-electron chi connectivity index (χ3n) is 5.42. The second-order valence-electron chi connectivity index (χ2n) is 8.24. The summed E-state index contributed by atoms with van der Waals surface area (Å²) in [5.41, 5.74) is 4.65. The summed E-state index contributed by atoms with van der Waals surface area (Å²) in [5.74, 6) is 1.46. The van der Waals surface area contributed by atoms with Crippen LogP contribution in [0.25, 0.3) is 0 Å². The number of hydrogen-bond acceptors (Lipinski definition) is 5. The van der Waals surface area contributed by atoms with Gasteiger partial charge in [-0.2, -0.15) is 0 Å². The third kappa shape index (κ3) is 6.58. The van der Waals surface area contributed by atoms with Crippen LogP contribution in [0.2, 0.25) is 0 Å². The Kier molecular flexibility index (Phi) is 7.87. The molecule has 0 unspecified atom stereocenters. The number of esters is 2. The number of hydrogen-bond donors (Lipinski definition) is 0. The van der Waals surface area contributed by atoms with Gasteiger partial charge in [0.2, 0.25) is 0 Å². The van der Waals surface area contributed by atoms with Crippen LogP contribution in [0.4, 0.5) is 0 Å². The van der Waals surface area contributed by atoms with Crippen molar-refractivity contribution in [3.8, 4) is 0 Å². The summed E-state index contributed by atoms with van der Waals surface area (Å²) in [7, 11) is 0. The lowest BCUT2D eigenvalue weighted by atomic mass is 9.89. The molecule has 0 aromatic heterocycles. The van der Waals surface area contributed by atoms with E-state index < -0.39 is 5.97 Å². The highest BCUT2D eigenvalue weighted by atomic mass is 16.5. The molecule has 0 N–H and O–H groups in total. The molecule has 32 heavy (non-hydrogen) atoms. The number of rotatable bonds is 8. The highest BCUT2D eigenvalue weighted by Gasteiger charge is 2.17. The molecule has 0 spiro atoms. The van der Waals surface area contributed by atoms with E-state index in [4.69, 9.17) is 14.2 Å². The van der Waals surface area contributed by atoms with Gasteiger partial charge in [0.05, 0.1) is 5.76 Å². The van der Waals surface area contributed by atoms with Gasteiger partial charge in [0.1, 0.15) is 18.1 Å². The van der Waals surface area contributed by atoms with Crippen molar-refractivity contribution in [3.05, 3.63) is 94.8 Å². The van der Waals surface area contributed by atoms with E-state index in [1.165, 1.54) is 16.7 Å². The maximum Gasteiger partial charge on any atom is 0.338 e. The van der Waals surface area contributed by atoms with Crippen LogP contribution >= 0.6 is 0 Å². The Morgan fingerprint density at radius 2 is 1.16 bits per heavy atom. The molecule has 0 atom stereocenters. The minimum Gasteiger partial charge on any atom is -0.494 e. The van der Waals surface area contributed by atoms with Crippen LogP contribution in [-0.2, 0) is 23.8 Å². The molecule has 0 amide bonds. The van der Waals surface area contributed by atoms with Gasteiger partial charge in [0, 0.05) is 30.4 Å². The van der Waals surface area contributed by atoms with Crippen molar-refractivity contribution >= 4 is 11.9 Å². The molecule has 0 radical (unpaired) electrons. The molecule has 0 aromatic rings. The number of carbonyl (C=O) groups is 2. The van der Waals surface area contributed by atoms with E-state index in [1.54, 1.807) is 19.9 Å². The lowest BCUT2D eigenvalue weighted by Crippen LogP contribution is -2.09. The van der Waals surface area contributed by atoms with E-state index in [1.807, 2.05) is 18.2 Å². The molecule has 0 aliphatic heterocycles. The zero-order valence-corrected chi connectivity index (χ0v) is 18.9. The van der Waals surface area contributed by atoms with Gasteiger partial charge in [0.15, 0.2) is 0 Å². The second kappa shape index (κ2) is 10.8. The summed E-state index contributed by atoms with van der Waals surface area (Å²) >= 11 is 0. The lowest BCUT2D eigenvalue weighted by Gasteiger charge is -2.21. The molecule has 0 fully saturated rings. The van der Waals surface area contributed by atoms with Gasteiger partial charge in [-0.25, -0.2) is 9.59 Å². The van der Waals surface area contributed by atoms with Crippen molar-refractivity contribution in [2.24, 2.45) is 0 Å². The first-order valence-electron chi connectivity index (χ1n) is 10.9. The van der Waals surface area contributed by atoms with Gasteiger partial charge in [-0.3, -0.25) is 0 Å². The Balaban J connectivity index is 1.51. The number of allylic oxidation sites excluding steroid dienone is 11. The summed E-state index contributed by atoms with van der Waals surface area (Å²) in [6.07, 6.45) is 16.7. The summed E-state index contributed by atoms with van der Waals surface area (Å²) in [4.78, 5) is 23.2. The van der Waals surface area contributed by atoms with Crippen molar-refractivity contribution in [1.29, 1.82) is 0 Å². The molecule has 3 aliphatic carbocycles. The van der Waals surface area contributed by atoms with E-state index in [0.717, 1.165) is 25.0 Å². The van der Waals surface area contributed by atoms with E-state index in [9.17, 15) is 9.59 Å². The maximum absolute atomic E-state index is 11.6. The van der Waals surface area contributed by atoms with E-state index in [0.29, 0.717) is 48.5 Å². The standard InChI is InChI=1S/C27H30O5/c1-18(2)26(28)31-24-11-9-22(10-12-24)21-7-5-20(6-8-21)17-30-23-13-15-25(16-14-23)32-27(29)19(3)4/h5,7,9,11,13,15H,1,3,6,8,10,12,14,16-17H2,2,4H3. The molecule has 5 nitrogen and oxygen atoms in total. The Hall–Kier alpha value is -3.34. The van der Waals surface area contributed by atoms with Crippen molar-refractivity contribution in [2.45, 2.75) is 52.4 Å². The number of carbonyl (C=O) groups excluding carboxylic acids is 2. The SMILES string of the molecule is C=C(C)C(=O)OC1=CC=C(OCC2=CC=C(C3=CC=C(OC(=O)C(=C)C)CC3)CC2)CC1. The minimum absolute atomic E-state index is 0.370. The van der Waals surface area contributed by atoms with Crippen LogP contribution in [-0.4, -0.2) is 18.5 Å². The van der Waals surface area contributed by atoms with Crippen molar-refractivity contribution in [2.75, 3.05) is 6.61 Å². The van der Waals surface area contributed by atoms with Crippen LogP contribution in [0.3, 0.4) is 0 Å². The van der Waals surface area contributed by atoms with Crippen LogP contribution < -0.4 is 0 Å². The Morgan fingerprint density at radius 3 is 1.59 bits per heavy atom. The molecule has 0 aromatic carbocycles. The van der Waals surface area contributed by atoms with Crippen molar-refractivity contribution in [1.82, 2.24) is 0 Å². The first-order chi connectivity index (χ1) is 15.3. The summed E-state index contributed by atoms with van der Waals surface area (Å²) in [5, 5.41) is 0. The fraction of sp³-hybridized carbons (Fsp3) is 0.333. The van der Waals surface area contributed by atoms with Crippen LogP contribution in [0.1, 0.15) is 52.4 Å². The third-order valence-corrected chi connectivity index (χ3v) is 5.42. The van der Waals surface area contributed by atoms with E-state index in [-0.39, 0.29) is 5.97 Å². The fourth-order valence-electron chi connectivity index (χ4n) is 3.44. The molecular weight excluding hydrogens is 404 g/mol. The molecule has 0 bridgehead atoms. The largest absolute Gasteiger partial charge is 0.494 e.